The largest absolute Gasteiger partial charge is 0.272 e. The smallest absolute Gasteiger partial charge is 0.268 e. The van der Waals surface area contributed by atoms with Crippen LogP contribution in [0.5, 0.6) is 0 Å². The first-order chi connectivity index (χ1) is 8.25. The van der Waals surface area contributed by atoms with E-state index in [2.05, 4.69) is 9.98 Å². The monoisotopic (exact) mass is 243 g/mol. The Kier molecular flexibility index (Phi) is 1.47. The molecule has 0 unspecified atom stereocenters. The second kappa shape index (κ2) is 2.78. The number of thiophene rings is 1. The highest BCUT2D eigenvalue weighted by Crippen LogP contribution is 2.29. The predicted molar refractivity (Wildman–Crippen MR) is 62.2 cm³/mol. The van der Waals surface area contributed by atoms with E-state index < -0.39 is 0 Å². The van der Waals surface area contributed by atoms with Crippen molar-refractivity contribution in [2.75, 3.05) is 6.54 Å². The molecule has 17 heavy (non-hydrogen) atoms. The molecule has 0 aromatic carbocycles. The Morgan fingerprint density at radius 1 is 1.35 bits per heavy atom. The van der Waals surface area contributed by atoms with Gasteiger partial charge in [-0.25, -0.2) is 9.88 Å². The number of aliphatic imine (C=N–C) groups is 1. The molecule has 2 aromatic rings. The number of hydrogen-bond donors (Lipinski definition) is 0. The van der Waals surface area contributed by atoms with Crippen molar-refractivity contribution in [2.24, 2.45) is 4.99 Å². The van der Waals surface area contributed by atoms with E-state index in [0.717, 1.165) is 15.1 Å². The number of carbonyl (C=O) groups excluding carboxylic acids is 2. The van der Waals surface area contributed by atoms with Gasteiger partial charge in [-0.1, -0.05) is 0 Å². The van der Waals surface area contributed by atoms with E-state index in [-0.39, 0.29) is 18.4 Å². The molecular formula is C11H5N3O2S. The zero-order chi connectivity index (χ0) is 11.6. The van der Waals surface area contributed by atoms with Gasteiger partial charge in [-0.3, -0.25) is 14.6 Å². The lowest BCUT2D eigenvalue weighted by Crippen LogP contribution is -2.32. The fraction of sp³-hybridized carbons (Fsp3) is 0.0909. The highest BCUT2D eigenvalue weighted by atomic mass is 32.1. The second-order valence-electron chi connectivity index (χ2n) is 3.87. The van der Waals surface area contributed by atoms with E-state index in [4.69, 9.17) is 0 Å². The lowest BCUT2D eigenvalue weighted by Gasteiger charge is -2.04. The maximum absolute atomic E-state index is 12.0. The Balaban J connectivity index is 2.07. The van der Waals surface area contributed by atoms with Crippen molar-refractivity contribution in [2.45, 2.75) is 0 Å². The first kappa shape index (κ1) is 9.00. The van der Waals surface area contributed by atoms with Crippen LogP contribution in [0.15, 0.2) is 22.5 Å². The van der Waals surface area contributed by atoms with Crippen molar-refractivity contribution in [3.8, 4) is 0 Å². The lowest BCUT2D eigenvalue weighted by molar-refractivity contribution is -0.122. The Hall–Kier alpha value is -2.08. The molecule has 0 N–H and O–H groups in total. The van der Waals surface area contributed by atoms with Crippen LogP contribution in [0.25, 0.3) is 10.2 Å². The molecule has 0 aliphatic carbocycles. The summed E-state index contributed by atoms with van der Waals surface area (Å²) < 4.78 is 0. The summed E-state index contributed by atoms with van der Waals surface area (Å²) >= 11 is 1.51. The topological polar surface area (TPSA) is 62.6 Å². The third-order valence-electron chi connectivity index (χ3n) is 2.91. The molecule has 0 bridgehead atoms. The van der Waals surface area contributed by atoms with Crippen LogP contribution in [0.1, 0.15) is 16.1 Å². The van der Waals surface area contributed by atoms with Gasteiger partial charge in [-0.15, -0.1) is 11.3 Å². The van der Waals surface area contributed by atoms with Gasteiger partial charge in [-0.05, 0) is 17.5 Å². The zero-order valence-corrected chi connectivity index (χ0v) is 9.32. The summed E-state index contributed by atoms with van der Waals surface area (Å²) in [7, 11) is 0. The summed E-state index contributed by atoms with van der Waals surface area (Å²) in [5, 5.41) is 2.85. The third kappa shape index (κ3) is 0.980. The summed E-state index contributed by atoms with van der Waals surface area (Å²) in [6, 6.07) is 3.69. The van der Waals surface area contributed by atoms with Gasteiger partial charge < -0.3 is 0 Å². The van der Waals surface area contributed by atoms with Gasteiger partial charge >= 0.3 is 0 Å². The van der Waals surface area contributed by atoms with Crippen molar-refractivity contribution in [1.29, 1.82) is 0 Å². The Morgan fingerprint density at radius 3 is 3.12 bits per heavy atom. The van der Waals surface area contributed by atoms with E-state index >= 15 is 0 Å². The van der Waals surface area contributed by atoms with Gasteiger partial charge in [0.2, 0.25) is 0 Å². The van der Waals surface area contributed by atoms with E-state index in [1.807, 2.05) is 11.4 Å². The van der Waals surface area contributed by atoms with Crippen molar-refractivity contribution >= 4 is 39.2 Å². The number of fused-ring (bicyclic) bond motifs is 4. The van der Waals surface area contributed by atoms with Crippen LogP contribution < -0.4 is 0 Å². The van der Waals surface area contributed by atoms with Crippen LogP contribution in [-0.4, -0.2) is 34.1 Å². The quantitative estimate of drug-likeness (QED) is 0.649. The highest BCUT2D eigenvalue weighted by Gasteiger charge is 2.42. The van der Waals surface area contributed by atoms with Gasteiger partial charge in [-0.2, -0.15) is 0 Å². The van der Waals surface area contributed by atoms with Crippen molar-refractivity contribution in [3.63, 3.8) is 0 Å². The molecule has 4 heterocycles. The van der Waals surface area contributed by atoms with E-state index in [9.17, 15) is 9.59 Å². The molecule has 5 nitrogen and oxygen atoms in total. The number of nitrogens with zero attached hydrogens (tertiary/aromatic N) is 3. The van der Waals surface area contributed by atoms with Gasteiger partial charge in [0.15, 0.2) is 5.84 Å². The molecule has 0 spiro atoms. The van der Waals surface area contributed by atoms with Gasteiger partial charge in [0.1, 0.15) is 17.1 Å². The first-order valence-corrected chi connectivity index (χ1v) is 5.94. The number of pyridine rings is 1. The third-order valence-corrected chi connectivity index (χ3v) is 3.74. The average molecular weight is 243 g/mol. The molecule has 2 aliphatic heterocycles. The van der Waals surface area contributed by atoms with Crippen LogP contribution in [0.3, 0.4) is 0 Å². The minimum atomic E-state index is -0.304. The lowest BCUT2D eigenvalue weighted by atomic mass is 10.2. The molecular weight excluding hydrogens is 238 g/mol. The molecule has 82 valence electrons. The molecule has 4 rings (SSSR count). The number of aromatic nitrogens is 1. The second-order valence-corrected chi connectivity index (χ2v) is 4.77. The van der Waals surface area contributed by atoms with Gasteiger partial charge in [0, 0.05) is 5.39 Å². The molecule has 6 heteroatoms. The van der Waals surface area contributed by atoms with Crippen LogP contribution in [0.2, 0.25) is 0 Å². The fourth-order valence-corrected chi connectivity index (χ4v) is 2.89. The number of hydrogen-bond acceptors (Lipinski definition) is 5. The van der Waals surface area contributed by atoms with Crippen molar-refractivity contribution < 1.29 is 9.59 Å². The predicted octanol–water partition coefficient (Wildman–Crippen LogP) is 1.04. The van der Waals surface area contributed by atoms with Gasteiger partial charge in [0.25, 0.3) is 11.8 Å². The Morgan fingerprint density at radius 2 is 2.24 bits per heavy atom. The minimum absolute atomic E-state index is 0.0463. The summed E-state index contributed by atoms with van der Waals surface area (Å²) in [4.78, 5) is 34.1. The molecule has 0 saturated heterocycles. The summed E-state index contributed by atoms with van der Waals surface area (Å²) in [6.07, 6.45) is 0. The minimum Gasteiger partial charge on any atom is -0.272 e. The average Bonchev–Trinajstić information content (AvgIpc) is 2.97. The van der Waals surface area contributed by atoms with Crippen molar-refractivity contribution in [3.05, 3.63) is 28.8 Å². The number of amidine groups is 1. The number of carbonyl (C=O) groups is 2. The molecule has 0 radical (unpaired) electrons. The molecule has 0 fully saturated rings. The molecule has 0 atom stereocenters. The summed E-state index contributed by atoms with van der Waals surface area (Å²) in [5.41, 5.74) is 1.01. The van der Waals surface area contributed by atoms with E-state index in [0.29, 0.717) is 17.1 Å². The summed E-state index contributed by atoms with van der Waals surface area (Å²) in [6.45, 7) is 0.0463. The normalized spacial score (nSPS) is 17.6. The van der Waals surface area contributed by atoms with Crippen LogP contribution in [0, 0.1) is 0 Å². The molecule has 0 saturated carbocycles. The van der Waals surface area contributed by atoms with Crippen LogP contribution >= 0.6 is 11.3 Å². The highest BCUT2D eigenvalue weighted by molar-refractivity contribution is 7.16. The fourth-order valence-electron chi connectivity index (χ4n) is 2.14. The molecule has 2 aromatic heterocycles. The zero-order valence-electron chi connectivity index (χ0n) is 8.51. The Labute approximate surface area is 99.4 Å². The standard InChI is InChI=1S/C11H5N3O2S/c15-7-4-12-9-8-6(11(16)14(7)9)3-5-1-2-17-10(5)13-8/h1-3H,4H2. The van der Waals surface area contributed by atoms with E-state index in [1.165, 1.54) is 11.3 Å². The maximum Gasteiger partial charge on any atom is 0.268 e. The number of amides is 2. The van der Waals surface area contributed by atoms with Gasteiger partial charge in [0.05, 0.1) is 5.56 Å². The van der Waals surface area contributed by atoms with E-state index in [1.54, 1.807) is 6.07 Å². The SMILES string of the molecule is O=C1CN=C2c3nc4sccc4cc3C(=O)N12. The first-order valence-electron chi connectivity index (χ1n) is 5.06. The maximum atomic E-state index is 12.0. The number of imide groups is 1. The van der Waals surface area contributed by atoms with Crippen LogP contribution in [-0.2, 0) is 4.79 Å². The Bertz CT molecular complexity index is 731. The van der Waals surface area contributed by atoms with Crippen molar-refractivity contribution in [1.82, 2.24) is 9.88 Å². The molecule has 2 aliphatic rings. The number of rotatable bonds is 0. The van der Waals surface area contributed by atoms with Crippen LogP contribution in [0.4, 0.5) is 0 Å². The summed E-state index contributed by atoms with van der Waals surface area (Å²) in [5.74, 6) is -0.168. The molecule has 2 amide bonds.